The van der Waals surface area contributed by atoms with Gasteiger partial charge in [-0.15, -0.1) is 11.3 Å². The summed E-state index contributed by atoms with van der Waals surface area (Å²) >= 11 is 1.58. The largest absolute Gasteiger partial charge is 0.379 e. The minimum atomic E-state index is -3.48. The van der Waals surface area contributed by atoms with Crippen molar-refractivity contribution in [1.82, 2.24) is 8.87 Å². The molecule has 0 unspecified atom stereocenters. The number of benzene rings is 2. The first-order valence-electron chi connectivity index (χ1n) is 9.56. The molecule has 3 aromatic rings. The minimum absolute atomic E-state index is 0.315. The third kappa shape index (κ3) is 4.20. The summed E-state index contributed by atoms with van der Waals surface area (Å²) in [6, 6.07) is 17.0. The Morgan fingerprint density at radius 1 is 1.03 bits per heavy atom. The number of hydrogen-bond donors (Lipinski definition) is 0. The molecule has 2 aromatic carbocycles. The van der Waals surface area contributed by atoms with Crippen LogP contribution in [0.1, 0.15) is 6.92 Å². The van der Waals surface area contributed by atoms with Crippen molar-refractivity contribution < 1.29 is 13.2 Å². The van der Waals surface area contributed by atoms with Crippen molar-refractivity contribution in [1.29, 1.82) is 0 Å². The van der Waals surface area contributed by atoms with Crippen LogP contribution in [0, 0.1) is 0 Å². The molecular weight excluding hydrogens is 406 g/mol. The van der Waals surface area contributed by atoms with E-state index in [1.54, 1.807) is 23.5 Å². The second-order valence-electron chi connectivity index (χ2n) is 6.64. The molecule has 0 N–H and O–H groups in total. The molecule has 152 valence electrons. The Morgan fingerprint density at radius 2 is 1.72 bits per heavy atom. The Bertz CT molecular complexity index is 1130. The highest BCUT2D eigenvalue weighted by molar-refractivity contribution is 7.89. The van der Waals surface area contributed by atoms with Gasteiger partial charge in [0, 0.05) is 25.0 Å². The lowest BCUT2D eigenvalue weighted by molar-refractivity contribution is 0.0730. The van der Waals surface area contributed by atoms with Crippen LogP contribution in [0.4, 0.5) is 5.69 Å². The van der Waals surface area contributed by atoms with Crippen LogP contribution in [0.25, 0.3) is 11.3 Å². The monoisotopic (exact) mass is 429 g/mol. The lowest BCUT2D eigenvalue weighted by Gasteiger charge is -2.26. The maximum absolute atomic E-state index is 12.8. The number of rotatable bonds is 5. The highest BCUT2D eigenvalue weighted by Gasteiger charge is 2.26. The number of hydrogen-bond acceptors (Lipinski definition) is 5. The average Bonchev–Trinajstić information content (AvgIpc) is 3.17. The number of ether oxygens (including phenoxy) is 1. The van der Waals surface area contributed by atoms with E-state index in [0.717, 1.165) is 28.3 Å². The van der Waals surface area contributed by atoms with Crippen LogP contribution in [0.3, 0.4) is 0 Å². The van der Waals surface area contributed by atoms with E-state index >= 15 is 0 Å². The van der Waals surface area contributed by atoms with Crippen molar-refractivity contribution in [2.24, 2.45) is 4.99 Å². The van der Waals surface area contributed by atoms with Crippen molar-refractivity contribution in [2.45, 2.75) is 18.4 Å². The zero-order valence-corrected chi connectivity index (χ0v) is 17.8. The van der Waals surface area contributed by atoms with Crippen molar-refractivity contribution >= 4 is 27.0 Å². The van der Waals surface area contributed by atoms with Gasteiger partial charge in [-0.2, -0.15) is 4.31 Å². The number of thiazole rings is 1. The van der Waals surface area contributed by atoms with Gasteiger partial charge in [-0.05, 0) is 36.8 Å². The van der Waals surface area contributed by atoms with Crippen LogP contribution in [-0.4, -0.2) is 43.6 Å². The van der Waals surface area contributed by atoms with Gasteiger partial charge in [0.2, 0.25) is 10.0 Å². The summed E-state index contributed by atoms with van der Waals surface area (Å²) in [7, 11) is -3.48. The third-order valence-corrected chi connectivity index (χ3v) is 7.63. The molecule has 1 aromatic heterocycles. The molecule has 0 bridgehead atoms. The van der Waals surface area contributed by atoms with Crippen molar-refractivity contribution in [2.75, 3.05) is 26.3 Å². The molecule has 6 nitrogen and oxygen atoms in total. The van der Waals surface area contributed by atoms with Crippen LogP contribution >= 0.6 is 11.3 Å². The topological polar surface area (TPSA) is 63.9 Å². The molecule has 1 aliphatic rings. The maximum Gasteiger partial charge on any atom is 0.243 e. The van der Waals surface area contributed by atoms with Gasteiger partial charge in [-0.25, -0.2) is 13.4 Å². The fourth-order valence-electron chi connectivity index (χ4n) is 3.30. The summed E-state index contributed by atoms with van der Waals surface area (Å²) in [5.41, 5.74) is 2.91. The van der Waals surface area contributed by atoms with Gasteiger partial charge < -0.3 is 9.30 Å². The number of sulfonamides is 1. The van der Waals surface area contributed by atoms with E-state index in [9.17, 15) is 8.42 Å². The van der Waals surface area contributed by atoms with Crippen LogP contribution in [0.2, 0.25) is 0 Å². The Morgan fingerprint density at radius 3 is 2.38 bits per heavy atom. The number of aromatic nitrogens is 1. The van der Waals surface area contributed by atoms with Crippen LogP contribution in [0.15, 0.2) is 69.9 Å². The first kappa shape index (κ1) is 20.0. The first-order valence-corrected chi connectivity index (χ1v) is 11.9. The second kappa shape index (κ2) is 8.62. The zero-order chi connectivity index (χ0) is 20.3. The van der Waals surface area contributed by atoms with Crippen LogP contribution in [0.5, 0.6) is 0 Å². The summed E-state index contributed by atoms with van der Waals surface area (Å²) in [5, 5.41) is 2.07. The fraction of sp³-hybridized carbons (Fsp3) is 0.286. The normalized spacial score (nSPS) is 16.2. The summed E-state index contributed by atoms with van der Waals surface area (Å²) in [6.07, 6.45) is 0. The standard InChI is InChI=1S/C21H23N3O3S2/c1-2-24-20(16-28-21(24)22-18-6-4-3-5-7-18)17-8-10-19(11-9-17)29(25,26)23-12-14-27-15-13-23/h3-11,16H,2,12-15H2,1H3. The molecule has 1 aliphatic heterocycles. The molecule has 8 heteroatoms. The molecule has 2 heterocycles. The van der Waals surface area contributed by atoms with E-state index in [4.69, 9.17) is 9.73 Å². The second-order valence-corrected chi connectivity index (χ2v) is 9.41. The molecular formula is C21H23N3O3S2. The van der Waals surface area contributed by atoms with Gasteiger partial charge in [0.05, 0.1) is 29.5 Å². The molecule has 29 heavy (non-hydrogen) atoms. The SMILES string of the molecule is CCn1c(-c2ccc(S(=O)(=O)N3CCOCC3)cc2)csc1=Nc1ccccc1. The van der Waals surface area contributed by atoms with E-state index in [-0.39, 0.29) is 0 Å². The Hall–Kier alpha value is -2.26. The predicted molar refractivity (Wildman–Crippen MR) is 115 cm³/mol. The van der Waals surface area contributed by atoms with Crippen LogP contribution in [-0.2, 0) is 21.3 Å². The Balaban J connectivity index is 1.65. The van der Waals surface area contributed by atoms with Crippen molar-refractivity contribution in [3.63, 3.8) is 0 Å². The van der Waals surface area contributed by atoms with E-state index < -0.39 is 10.0 Å². The maximum atomic E-state index is 12.8. The molecule has 0 amide bonds. The van der Waals surface area contributed by atoms with Crippen molar-refractivity contribution in [3.05, 3.63) is 64.8 Å². The van der Waals surface area contributed by atoms with Crippen molar-refractivity contribution in [3.8, 4) is 11.3 Å². The lowest BCUT2D eigenvalue weighted by Crippen LogP contribution is -2.40. The van der Waals surface area contributed by atoms with Gasteiger partial charge in [0.15, 0.2) is 4.80 Å². The molecule has 1 fully saturated rings. The summed E-state index contributed by atoms with van der Waals surface area (Å²) < 4.78 is 34.5. The minimum Gasteiger partial charge on any atom is -0.379 e. The molecule has 0 saturated carbocycles. The van der Waals surface area contributed by atoms with Gasteiger partial charge in [-0.3, -0.25) is 0 Å². The summed E-state index contributed by atoms with van der Waals surface area (Å²) in [5.74, 6) is 0. The Kier molecular flexibility index (Phi) is 5.96. The van der Waals surface area contributed by atoms with E-state index in [1.165, 1.54) is 4.31 Å². The van der Waals surface area contributed by atoms with Gasteiger partial charge in [-0.1, -0.05) is 30.3 Å². The van der Waals surface area contributed by atoms with Crippen LogP contribution < -0.4 is 4.80 Å². The molecule has 0 spiro atoms. The third-order valence-electron chi connectivity index (χ3n) is 4.85. The highest BCUT2D eigenvalue weighted by atomic mass is 32.2. The fourth-order valence-corrected chi connectivity index (χ4v) is 5.70. The quantitative estimate of drug-likeness (QED) is 0.624. The summed E-state index contributed by atoms with van der Waals surface area (Å²) in [6.45, 7) is 4.53. The van der Waals surface area contributed by atoms with E-state index in [1.807, 2.05) is 42.5 Å². The smallest absolute Gasteiger partial charge is 0.243 e. The number of morpholine rings is 1. The van der Waals surface area contributed by atoms with Gasteiger partial charge in [0.1, 0.15) is 0 Å². The lowest BCUT2D eigenvalue weighted by atomic mass is 10.2. The number of nitrogens with zero attached hydrogens (tertiary/aromatic N) is 3. The first-order chi connectivity index (χ1) is 14.1. The van der Waals surface area contributed by atoms with Gasteiger partial charge in [0.25, 0.3) is 0 Å². The average molecular weight is 430 g/mol. The molecule has 0 atom stereocenters. The van der Waals surface area contributed by atoms with E-state index in [0.29, 0.717) is 31.2 Å². The Labute approximate surface area is 174 Å². The van der Waals surface area contributed by atoms with Gasteiger partial charge >= 0.3 is 0 Å². The zero-order valence-electron chi connectivity index (χ0n) is 16.2. The molecule has 0 aliphatic carbocycles. The molecule has 4 rings (SSSR count). The number of para-hydroxylation sites is 1. The molecule has 0 radical (unpaired) electrons. The van der Waals surface area contributed by atoms with E-state index in [2.05, 4.69) is 16.9 Å². The predicted octanol–water partition coefficient (Wildman–Crippen LogP) is 3.49. The molecule has 1 saturated heterocycles. The highest BCUT2D eigenvalue weighted by Crippen LogP contribution is 2.24. The summed E-state index contributed by atoms with van der Waals surface area (Å²) in [4.78, 5) is 5.97.